The first-order valence-corrected chi connectivity index (χ1v) is 8.54. The third-order valence-corrected chi connectivity index (χ3v) is 4.98. The van der Waals surface area contributed by atoms with Crippen molar-refractivity contribution < 1.29 is 22.6 Å². The summed E-state index contributed by atoms with van der Waals surface area (Å²) in [7, 11) is 3.06. The lowest BCUT2D eigenvalue weighted by atomic mass is 10.1. The maximum atomic E-state index is 12.7. The van der Waals surface area contributed by atoms with Gasteiger partial charge in [-0.2, -0.15) is 13.2 Å². The van der Waals surface area contributed by atoms with Crippen LogP contribution in [-0.4, -0.2) is 24.2 Å². The van der Waals surface area contributed by atoms with Crippen LogP contribution in [0.3, 0.4) is 0 Å². The molecule has 0 saturated heterocycles. The number of methoxy groups -OCH3 is 2. The van der Waals surface area contributed by atoms with E-state index in [1.54, 1.807) is 18.2 Å². The van der Waals surface area contributed by atoms with Gasteiger partial charge in [0.15, 0.2) is 5.69 Å². The van der Waals surface area contributed by atoms with Crippen molar-refractivity contribution in [3.8, 4) is 22.2 Å². The summed E-state index contributed by atoms with van der Waals surface area (Å²) in [6.07, 6.45) is -4.47. The van der Waals surface area contributed by atoms with Crippen molar-refractivity contribution in [1.82, 2.24) is 9.97 Å². The van der Waals surface area contributed by atoms with Gasteiger partial charge in [0.2, 0.25) is 0 Å². The minimum absolute atomic E-state index is 0.212. The highest BCUT2D eigenvalue weighted by Gasteiger charge is 2.34. The molecular weight excluding hydrogens is 456 g/mol. The van der Waals surface area contributed by atoms with Crippen molar-refractivity contribution in [2.45, 2.75) is 6.18 Å². The molecule has 0 amide bonds. The molecule has 0 aliphatic heterocycles. The molecule has 0 aliphatic carbocycles. The first-order valence-electron chi connectivity index (χ1n) is 6.59. The lowest BCUT2D eigenvalue weighted by Gasteiger charge is -2.11. The molecule has 0 saturated carbocycles. The highest BCUT2D eigenvalue weighted by atomic mass is 127. The normalized spacial score (nSPS) is 11.8. The molecule has 1 aromatic carbocycles. The molecule has 2 aromatic heterocycles. The summed E-state index contributed by atoms with van der Waals surface area (Å²) in [5.74, 6) is 1.14. The molecule has 9 heteroatoms. The van der Waals surface area contributed by atoms with Gasteiger partial charge in [0.05, 0.1) is 25.1 Å². The molecule has 24 heavy (non-hydrogen) atoms. The van der Waals surface area contributed by atoms with Gasteiger partial charge in [-0.25, -0.2) is 9.97 Å². The zero-order chi connectivity index (χ0) is 17.5. The van der Waals surface area contributed by atoms with Crippen LogP contribution < -0.4 is 9.47 Å². The van der Waals surface area contributed by atoms with Crippen LogP contribution in [0.4, 0.5) is 13.2 Å². The van der Waals surface area contributed by atoms with Crippen molar-refractivity contribution in [1.29, 1.82) is 0 Å². The predicted molar refractivity (Wildman–Crippen MR) is 93.7 cm³/mol. The number of fused-ring (bicyclic) bond motifs is 1. The highest BCUT2D eigenvalue weighted by molar-refractivity contribution is 14.1. The number of rotatable bonds is 3. The molecule has 0 atom stereocenters. The number of hydrogen-bond acceptors (Lipinski definition) is 5. The summed E-state index contributed by atoms with van der Waals surface area (Å²) in [6.45, 7) is 0. The predicted octanol–water partition coefficient (Wildman–Crippen LogP) is 5.00. The SMILES string of the molecule is COc1cc(OC)c2c(I)cc(-c3nc(C(F)(F)F)cs3)nc2c1. The lowest BCUT2D eigenvalue weighted by Crippen LogP contribution is -2.05. The number of aromatic nitrogens is 2. The largest absolute Gasteiger partial charge is 0.497 e. The number of benzene rings is 1. The molecule has 0 fully saturated rings. The average Bonchev–Trinajstić information content (AvgIpc) is 3.03. The van der Waals surface area contributed by atoms with Gasteiger partial charge in [-0.3, -0.25) is 0 Å². The van der Waals surface area contributed by atoms with Crippen LogP contribution in [0.25, 0.3) is 21.6 Å². The van der Waals surface area contributed by atoms with Crippen molar-refractivity contribution in [3.05, 3.63) is 32.8 Å². The molecule has 0 N–H and O–H groups in total. The zero-order valence-corrected chi connectivity index (χ0v) is 15.4. The molecule has 0 spiro atoms. The van der Waals surface area contributed by atoms with E-state index in [-0.39, 0.29) is 5.01 Å². The van der Waals surface area contributed by atoms with Crippen LogP contribution in [0.5, 0.6) is 11.5 Å². The van der Waals surface area contributed by atoms with Gasteiger partial charge < -0.3 is 9.47 Å². The fourth-order valence-electron chi connectivity index (χ4n) is 2.17. The number of hydrogen-bond donors (Lipinski definition) is 0. The van der Waals surface area contributed by atoms with E-state index in [0.717, 1.165) is 25.7 Å². The topological polar surface area (TPSA) is 44.2 Å². The van der Waals surface area contributed by atoms with Crippen LogP contribution in [0.1, 0.15) is 5.69 Å². The van der Waals surface area contributed by atoms with Crippen LogP contribution in [-0.2, 0) is 6.18 Å². The summed E-state index contributed by atoms with van der Waals surface area (Å²) in [5, 5.41) is 1.97. The fraction of sp³-hybridized carbons (Fsp3) is 0.200. The minimum Gasteiger partial charge on any atom is -0.497 e. The Balaban J connectivity index is 2.18. The van der Waals surface area contributed by atoms with Gasteiger partial charge in [0.1, 0.15) is 22.2 Å². The molecule has 3 rings (SSSR count). The standard InChI is InChI=1S/C15H10F3IN2O2S/c1-22-7-3-9-13(11(4-7)23-2)8(19)5-10(20-9)14-21-12(6-24-14)15(16,17)18/h3-6H,1-2H3. The van der Waals surface area contributed by atoms with Crippen LogP contribution >= 0.6 is 33.9 Å². The summed E-state index contributed by atoms with van der Waals surface area (Å²) in [6, 6.07) is 5.13. The van der Waals surface area contributed by atoms with Crippen molar-refractivity contribution >= 4 is 44.8 Å². The Hall–Kier alpha value is -1.62. The number of ether oxygens (including phenoxy) is 2. The summed E-state index contributed by atoms with van der Waals surface area (Å²) < 4.78 is 49.6. The van der Waals surface area contributed by atoms with Crippen LogP contribution in [0, 0.1) is 3.57 Å². The van der Waals surface area contributed by atoms with E-state index in [9.17, 15) is 13.2 Å². The first kappa shape index (κ1) is 17.2. The van der Waals surface area contributed by atoms with Crippen LogP contribution in [0.15, 0.2) is 23.6 Å². The Labute approximate surface area is 152 Å². The first-order chi connectivity index (χ1) is 11.3. The Morgan fingerprint density at radius 2 is 1.83 bits per heavy atom. The molecule has 0 aliphatic rings. The Morgan fingerprint density at radius 1 is 1.08 bits per heavy atom. The number of pyridine rings is 1. The molecule has 0 bridgehead atoms. The van der Waals surface area contributed by atoms with Crippen molar-refractivity contribution in [2.75, 3.05) is 14.2 Å². The van der Waals surface area contributed by atoms with E-state index in [2.05, 4.69) is 32.6 Å². The number of alkyl halides is 3. The molecule has 126 valence electrons. The Morgan fingerprint density at radius 3 is 2.42 bits per heavy atom. The second-order valence-electron chi connectivity index (χ2n) is 4.75. The highest BCUT2D eigenvalue weighted by Crippen LogP contribution is 2.37. The van der Waals surface area contributed by atoms with Gasteiger partial charge in [-0.1, -0.05) is 0 Å². The van der Waals surface area contributed by atoms with E-state index in [0.29, 0.717) is 22.7 Å². The fourth-order valence-corrected chi connectivity index (χ4v) is 3.79. The molecule has 3 aromatic rings. The second kappa shape index (κ2) is 6.36. The van der Waals surface area contributed by atoms with Crippen molar-refractivity contribution in [2.24, 2.45) is 0 Å². The molecule has 0 unspecified atom stereocenters. The summed E-state index contributed by atoms with van der Waals surface area (Å²) in [5.41, 5.74) is 0.0298. The smallest absolute Gasteiger partial charge is 0.434 e. The maximum absolute atomic E-state index is 12.7. The zero-order valence-electron chi connectivity index (χ0n) is 12.4. The van der Waals surface area contributed by atoms with E-state index in [1.807, 2.05) is 0 Å². The average molecular weight is 466 g/mol. The van der Waals surface area contributed by atoms with Gasteiger partial charge in [0, 0.05) is 21.1 Å². The summed E-state index contributed by atoms with van der Waals surface area (Å²) >= 11 is 3.01. The monoisotopic (exact) mass is 466 g/mol. The van der Waals surface area contributed by atoms with Gasteiger partial charge in [0.25, 0.3) is 0 Å². The third kappa shape index (κ3) is 3.14. The molecular formula is C15H10F3IN2O2S. The summed E-state index contributed by atoms with van der Waals surface area (Å²) in [4.78, 5) is 8.08. The van der Waals surface area contributed by atoms with Crippen LogP contribution in [0.2, 0.25) is 0 Å². The van der Waals surface area contributed by atoms with Gasteiger partial charge in [-0.15, -0.1) is 11.3 Å². The van der Waals surface area contributed by atoms with E-state index >= 15 is 0 Å². The lowest BCUT2D eigenvalue weighted by molar-refractivity contribution is -0.140. The maximum Gasteiger partial charge on any atom is 0.434 e. The molecule has 4 nitrogen and oxygen atoms in total. The van der Waals surface area contributed by atoms with Gasteiger partial charge >= 0.3 is 6.18 Å². The van der Waals surface area contributed by atoms with Gasteiger partial charge in [-0.05, 0) is 28.7 Å². The Kier molecular flexibility index (Phi) is 4.56. The quantitative estimate of drug-likeness (QED) is 0.510. The van der Waals surface area contributed by atoms with E-state index in [4.69, 9.17) is 9.47 Å². The second-order valence-corrected chi connectivity index (χ2v) is 6.77. The number of nitrogens with zero attached hydrogens (tertiary/aromatic N) is 2. The number of halogens is 4. The third-order valence-electron chi connectivity index (χ3n) is 3.27. The van der Waals surface area contributed by atoms with E-state index < -0.39 is 11.9 Å². The van der Waals surface area contributed by atoms with Crippen molar-refractivity contribution in [3.63, 3.8) is 0 Å². The number of thiazole rings is 1. The molecule has 0 radical (unpaired) electrons. The Bertz CT molecular complexity index is 912. The molecule has 2 heterocycles. The van der Waals surface area contributed by atoms with E-state index in [1.165, 1.54) is 14.2 Å². The minimum atomic E-state index is -4.47.